The molecule has 18 heavy (non-hydrogen) atoms. The maximum absolute atomic E-state index is 10.6. The van der Waals surface area contributed by atoms with Gasteiger partial charge in [-0.1, -0.05) is 0 Å². The van der Waals surface area contributed by atoms with Crippen LogP contribution in [-0.4, -0.2) is 21.2 Å². The van der Waals surface area contributed by atoms with Crippen molar-refractivity contribution in [3.05, 3.63) is 53.7 Å². The topological polar surface area (TPSA) is 83.6 Å². The Kier molecular flexibility index (Phi) is 3.74. The van der Waals surface area contributed by atoms with Gasteiger partial charge < -0.3 is 14.6 Å². The van der Waals surface area contributed by atoms with E-state index in [9.17, 15) is 9.90 Å². The Hall–Kier alpha value is -2.14. The molecule has 2 rings (SSSR count). The highest BCUT2D eigenvalue weighted by molar-refractivity contribution is 5.84. The largest absolute Gasteiger partial charge is 0.475 e. The summed E-state index contributed by atoms with van der Waals surface area (Å²) in [5.74, 6) is -1.02. The van der Waals surface area contributed by atoms with Crippen molar-refractivity contribution in [3.8, 4) is 0 Å². The van der Waals surface area contributed by atoms with E-state index in [0.717, 1.165) is 5.56 Å². The molecule has 0 saturated carbocycles. The summed E-state index contributed by atoms with van der Waals surface area (Å²) < 4.78 is 5.03. The highest BCUT2D eigenvalue weighted by Gasteiger charge is 2.15. The Morgan fingerprint density at radius 3 is 2.61 bits per heavy atom. The zero-order valence-corrected chi connectivity index (χ0v) is 9.61. The average Bonchev–Trinajstić information content (AvgIpc) is 2.87. The molecule has 0 aliphatic carbocycles. The summed E-state index contributed by atoms with van der Waals surface area (Å²) in [6.45, 7) is 0. The standard InChI is InChI=1S/C13H13NO4/c15-10(2-1-9-5-7-14-8-6-9)11-3-4-12(18-11)13(16)17/h3-8,10,15H,1-2H2,(H,16,17). The summed E-state index contributed by atoms with van der Waals surface area (Å²) in [6.07, 6.45) is 3.73. The highest BCUT2D eigenvalue weighted by Crippen LogP contribution is 2.21. The van der Waals surface area contributed by atoms with Gasteiger partial charge in [0, 0.05) is 12.4 Å². The van der Waals surface area contributed by atoms with Crippen molar-refractivity contribution in [1.82, 2.24) is 4.98 Å². The van der Waals surface area contributed by atoms with Crippen LogP contribution in [0.15, 0.2) is 41.1 Å². The van der Waals surface area contributed by atoms with Crippen LogP contribution in [0.4, 0.5) is 0 Å². The lowest BCUT2D eigenvalue weighted by Crippen LogP contribution is -1.99. The van der Waals surface area contributed by atoms with Crippen LogP contribution in [0.2, 0.25) is 0 Å². The Bertz CT molecular complexity index is 521. The third-order valence-electron chi connectivity index (χ3n) is 2.62. The summed E-state index contributed by atoms with van der Waals surface area (Å²) in [6, 6.07) is 6.57. The van der Waals surface area contributed by atoms with Crippen LogP contribution in [0.25, 0.3) is 0 Å². The van der Waals surface area contributed by atoms with Crippen LogP contribution in [0, 0.1) is 0 Å². The Labute approximate surface area is 104 Å². The number of pyridine rings is 1. The van der Waals surface area contributed by atoms with Gasteiger partial charge in [-0.15, -0.1) is 0 Å². The number of carboxylic acid groups (broad SMARTS) is 1. The first-order valence-electron chi connectivity index (χ1n) is 5.57. The molecule has 0 aliphatic heterocycles. The second kappa shape index (κ2) is 5.46. The van der Waals surface area contributed by atoms with Crippen molar-refractivity contribution in [3.63, 3.8) is 0 Å². The van der Waals surface area contributed by atoms with E-state index < -0.39 is 12.1 Å². The van der Waals surface area contributed by atoms with Gasteiger partial charge in [-0.25, -0.2) is 4.79 Å². The maximum atomic E-state index is 10.6. The number of hydrogen-bond acceptors (Lipinski definition) is 4. The quantitative estimate of drug-likeness (QED) is 0.844. The Balaban J connectivity index is 1.95. The second-order valence-electron chi connectivity index (χ2n) is 3.92. The molecule has 0 saturated heterocycles. The first-order chi connectivity index (χ1) is 8.66. The van der Waals surface area contributed by atoms with E-state index in [4.69, 9.17) is 9.52 Å². The fourth-order valence-corrected chi connectivity index (χ4v) is 1.64. The SMILES string of the molecule is O=C(O)c1ccc(C(O)CCc2ccncc2)o1. The molecule has 0 bridgehead atoms. The van der Waals surface area contributed by atoms with E-state index >= 15 is 0 Å². The lowest BCUT2D eigenvalue weighted by Gasteiger charge is -2.07. The molecule has 2 aromatic rings. The van der Waals surface area contributed by atoms with Gasteiger partial charge in [0.15, 0.2) is 0 Å². The minimum Gasteiger partial charge on any atom is -0.475 e. The normalized spacial score (nSPS) is 12.3. The first-order valence-corrected chi connectivity index (χ1v) is 5.57. The molecule has 2 heterocycles. The Morgan fingerprint density at radius 1 is 1.28 bits per heavy atom. The van der Waals surface area contributed by atoms with Crippen molar-refractivity contribution >= 4 is 5.97 Å². The molecular formula is C13H13NO4. The van der Waals surface area contributed by atoms with Gasteiger partial charge in [0.1, 0.15) is 11.9 Å². The summed E-state index contributed by atoms with van der Waals surface area (Å²) in [5, 5.41) is 18.6. The number of carboxylic acids is 1. The summed E-state index contributed by atoms with van der Waals surface area (Å²) in [5.41, 5.74) is 1.06. The number of aliphatic hydroxyl groups is 1. The van der Waals surface area contributed by atoms with Gasteiger partial charge in [0.2, 0.25) is 5.76 Å². The molecule has 5 nitrogen and oxygen atoms in total. The number of aryl methyl sites for hydroxylation is 1. The third kappa shape index (κ3) is 2.95. The van der Waals surface area contributed by atoms with Crippen molar-refractivity contribution in [2.75, 3.05) is 0 Å². The molecule has 0 radical (unpaired) electrons. The number of carbonyl (C=O) groups is 1. The molecule has 5 heteroatoms. The second-order valence-corrected chi connectivity index (χ2v) is 3.92. The minimum absolute atomic E-state index is 0.159. The smallest absolute Gasteiger partial charge is 0.371 e. The van der Waals surface area contributed by atoms with Crippen LogP contribution in [0.1, 0.15) is 34.4 Å². The van der Waals surface area contributed by atoms with Crippen LogP contribution < -0.4 is 0 Å². The average molecular weight is 247 g/mol. The van der Waals surface area contributed by atoms with Crippen molar-refractivity contribution in [1.29, 1.82) is 0 Å². The van der Waals surface area contributed by atoms with E-state index in [-0.39, 0.29) is 11.5 Å². The summed E-state index contributed by atoms with van der Waals surface area (Å²) in [7, 11) is 0. The minimum atomic E-state index is -1.14. The van der Waals surface area contributed by atoms with Gasteiger partial charge >= 0.3 is 5.97 Å². The molecule has 0 fully saturated rings. The number of aromatic carboxylic acids is 1. The van der Waals surface area contributed by atoms with Crippen molar-refractivity contribution in [2.45, 2.75) is 18.9 Å². The fourth-order valence-electron chi connectivity index (χ4n) is 1.64. The lowest BCUT2D eigenvalue weighted by molar-refractivity contribution is 0.0650. The molecule has 1 atom stereocenters. The van der Waals surface area contributed by atoms with Crippen LogP contribution in [0.3, 0.4) is 0 Å². The molecule has 0 amide bonds. The van der Waals surface area contributed by atoms with Gasteiger partial charge in [0.05, 0.1) is 0 Å². The van der Waals surface area contributed by atoms with Crippen molar-refractivity contribution < 1.29 is 19.4 Å². The molecule has 0 aliphatic rings. The summed E-state index contributed by atoms with van der Waals surface area (Å²) >= 11 is 0. The predicted molar refractivity (Wildman–Crippen MR) is 63.2 cm³/mol. The van der Waals surface area contributed by atoms with Crippen LogP contribution in [-0.2, 0) is 6.42 Å². The van der Waals surface area contributed by atoms with E-state index in [1.807, 2.05) is 12.1 Å². The maximum Gasteiger partial charge on any atom is 0.371 e. The zero-order chi connectivity index (χ0) is 13.0. The van der Waals surface area contributed by atoms with E-state index in [0.29, 0.717) is 12.8 Å². The number of nitrogens with zero attached hydrogens (tertiary/aromatic N) is 1. The fraction of sp³-hybridized carbons (Fsp3) is 0.231. The monoisotopic (exact) mass is 247 g/mol. The van der Waals surface area contributed by atoms with Gasteiger partial charge in [-0.2, -0.15) is 0 Å². The van der Waals surface area contributed by atoms with Gasteiger partial charge in [0.25, 0.3) is 0 Å². The van der Waals surface area contributed by atoms with Gasteiger partial charge in [-0.05, 0) is 42.7 Å². The number of aromatic nitrogens is 1. The molecule has 2 aromatic heterocycles. The first kappa shape index (κ1) is 12.3. The molecule has 1 unspecified atom stereocenters. The van der Waals surface area contributed by atoms with Crippen LogP contribution >= 0.6 is 0 Å². The summed E-state index contributed by atoms with van der Waals surface area (Å²) in [4.78, 5) is 14.5. The molecular weight excluding hydrogens is 234 g/mol. The molecule has 0 spiro atoms. The zero-order valence-electron chi connectivity index (χ0n) is 9.61. The number of furan rings is 1. The Morgan fingerprint density at radius 2 is 2.00 bits per heavy atom. The number of hydrogen-bond donors (Lipinski definition) is 2. The molecule has 0 aromatic carbocycles. The van der Waals surface area contributed by atoms with E-state index in [1.165, 1.54) is 12.1 Å². The number of rotatable bonds is 5. The lowest BCUT2D eigenvalue weighted by atomic mass is 10.1. The predicted octanol–water partition coefficient (Wildman–Crippen LogP) is 2.04. The number of aliphatic hydroxyl groups excluding tert-OH is 1. The van der Waals surface area contributed by atoms with Gasteiger partial charge in [-0.3, -0.25) is 4.98 Å². The third-order valence-corrected chi connectivity index (χ3v) is 2.62. The molecule has 2 N–H and O–H groups in total. The van der Waals surface area contributed by atoms with E-state index in [2.05, 4.69) is 4.98 Å². The van der Waals surface area contributed by atoms with Crippen LogP contribution in [0.5, 0.6) is 0 Å². The molecule has 94 valence electrons. The van der Waals surface area contributed by atoms with E-state index in [1.54, 1.807) is 12.4 Å². The van der Waals surface area contributed by atoms with Crippen molar-refractivity contribution in [2.24, 2.45) is 0 Å². The highest BCUT2D eigenvalue weighted by atomic mass is 16.4.